The van der Waals surface area contributed by atoms with Gasteiger partial charge in [0.25, 0.3) is 0 Å². The van der Waals surface area contributed by atoms with E-state index in [1.807, 2.05) is 50.2 Å². The Morgan fingerprint density at radius 3 is 2.50 bits per heavy atom. The molecular formula is C30H35N5O3. The molecule has 1 aliphatic rings. The molecule has 8 heteroatoms. The van der Waals surface area contributed by atoms with E-state index in [2.05, 4.69) is 27.8 Å². The molecule has 1 aliphatic heterocycles. The van der Waals surface area contributed by atoms with Gasteiger partial charge in [0.1, 0.15) is 6.54 Å². The molecule has 4 rings (SSSR count). The van der Waals surface area contributed by atoms with Crippen LogP contribution in [0.25, 0.3) is 0 Å². The molecule has 0 radical (unpaired) electrons. The van der Waals surface area contributed by atoms with Gasteiger partial charge in [0.2, 0.25) is 17.7 Å². The van der Waals surface area contributed by atoms with E-state index in [1.54, 1.807) is 29.3 Å². The summed E-state index contributed by atoms with van der Waals surface area (Å²) >= 11 is 0. The van der Waals surface area contributed by atoms with Crippen molar-refractivity contribution in [3.63, 3.8) is 0 Å². The Morgan fingerprint density at radius 1 is 0.974 bits per heavy atom. The first-order chi connectivity index (χ1) is 18.4. The summed E-state index contributed by atoms with van der Waals surface area (Å²) in [6.45, 7) is 5.12. The maximum atomic E-state index is 13.3. The van der Waals surface area contributed by atoms with Gasteiger partial charge in [0.15, 0.2) is 0 Å². The first kappa shape index (κ1) is 27.0. The monoisotopic (exact) mass is 513 g/mol. The van der Waals surface area contributed by atoms with Crippen molar-refractivity contribution in [2.24, 2.45) is 5.92 Å². The van der Waals surface area contributed by atoms with Crippen molar-refractivity contribution in [2.45, 2.75) is 33.1 Å². The van der Waals surface area contributed by atoms with Crippen molar-refractivity contribution < 1.29 is 14.4 Å². The summed E-state index contributed by atoms with van der Waals surface area (Å²) in [5.74, 6) is -0.197. The highest BCUT2D eigenvalue weighted by molar-refractivity contribution is 6.12. The van der Waals surface area contributed by atoms with E-state index in [0.717, 1.165) is 12.1 Å². The molecule has 0 saturated heterocycles. The summed E-state index contributed by atoms with van der Waals surface area (Å²) in [5, 5.41) is 6.14. The average molecular weight is 514 g/mol. The maximum absolute atomic E-state index is 13.3. The van der Waals surface area contributed by atoms with Gasteiger partial charge in [-0.3, -0.25) is 24.3 Å². The average Bonchev–Trinajstić information content (AvgIpc) is 2.91. The summed E-state index contributed by atoms with van der Waals surface area (Å²) < 4.78 is 0. The molecule has 198 valence electrons. The van der Waals surface area contributed by atoms with E-state index in [-0.39, 0.29) is 36.7 Å². The second-order valence-electron chi connectivity index (χ2n) is 9.86. The highest BCUT2D eigenvalue weighted by atomic mass is 16.2. The number of pyridine rings is 1. The van der Waals surface area contributed by atoms with Gasteiger partial charge >= 0.3 is 0 Å². The maximum Gasteiger partial charge on any atom is 0.247 e. The molecule has 3 amide bonds. The topological polar surface area (TPSA) is 94.6 Å². The number of nitrogens with zero attached hydrogens (tertiary/aromatic N) is 3. The fourth-order valence-electron chi connectivity index (χ4n) is 4.48. The van der Waals surface area contributed by atoms with Crippen LogP contribution in [0.3, 0.4) is 0 Å². The van der Waals surface area contributed by atoms with Gasteiger partial charge in [-0.25, -0.2) is 0 Å². The number of hydrogen-bond acceptors (Lipinski definition) is 5. The van der Waals surface area contributed by atoms with Crippen LogP contribution in [0, 0.1) is 5.92 Å². The van der Waals surface area contributed by atoms with Crippen LogP contribution < -0.4 is 20.4 Å². The third-order valence-electron chi connectivity index (χ3n) is 6.36. The fourth-order valence-corrected chi connectivity index (χ4v) is 4.48. The molecule has 0 saturated carbocycles. The van der Waals surface area contributed by atoms with E-state index in [4.69, 9.17) is 0 Å². The number of aromatic nitrogens is 1. The number of hydrogen-bond donors (Lipinski definition) is 2. The zero-order chi connectivity index (χ0) is 26.9. The number of rotatable bonds is 11. The molecular weight excluding hydrogens is 478 g/mol. The Hall–Kier alpha value is -4.04. The first-order valence-electron chi connectivity index (χ1n) is 13.1. The van der Waals surface area contributed by atoms with Gasteiger partial charge in [-0.2, -0.15) is 0 Å². The van der Waals surface area contributed by atoms with Crippen molar-refractivity contribution in [3.05, 3.63) is 84.2 Å². The lowest BCUT2D eigenvalue weighted by Crippen LogP contribution is -2.50. The Balaban J connectivity index is 1.50. The number of carbonyl (C=O) groups excluding carboxylic acids is 3. The summed E-state index contributed by atoms with van der Waals surface area (Å²) in [7, 11) is 0. The van der Waals surface area contributed by atoms with Gasteiger partial charge in [0.05, 0.1) is 17.9 Å². The summed E-state index contributed by atoms with van der Waals surface area (Å²) in [6, 6.07) is 21.2. The van der Waals surface area contributed by atoms with Gasteiger partial charge in [-0.1, -0.05) is 50.2 Å². The molecule has 0 aliphatic carbocycles. The van der Waals surface area contributed by atoms with E-state index in [1.165, 1.54) is 10.5 Å². The quantitative estimate of drug-likeness (QED) is 0.380. The fraction of sp³-hybridized carbons (Fsp3) is 0.333. The number of carbonyl (C=O) groups is 3. The number of amides is 3. The van der Waals surface area contributed by atoms with E-state index >= 15 is 0 Å². The predicted octanol–water partition coefficient (Wildman–Crippen LogP) is 3.82. The van der Waals surface area contributed by atoms with Crippen molar-refractivity contribution >= 4 is 34.8 Å². The number of fused-ring (bicyclic) bond motifs is 1. The first-order valence-corrected chi connectivity index (χ1v) is 13.1. The predicted molar refractivity (Wildman–Crippen MR) is 150 cm³/mol. The minimum Gasteiger partial charge on any atom is -0.326 e. The minimum absolute atomic E-state index is 0.0577. The highest BCUT2D eigenvalue weighted by Gasteiger charge is 2.32. The lowest BCUT2D eigenvalue weighted by atomic mass is 10.1. The van der Waals surface area contributed by atoms with E-state index < -0.39 is 0 Å². The molecule has 2 heterocycles. The van der Waals surface area contributed by atoms with Gasteiger partial charge in [0, 0.05) is 37.0 Å². The Kier molecular flexibility index (Phi) is 9.21. The van der Waals surface area contributed by atoms with Crippen molar-refractivity contribution in [1.29, 1.82) is 0 Å². The standard InChI is InChI=1S/C30H35N5O3/c1-22(2)18-28(36)33-25-11-12-26-27(19-25)35(29(37)20-31-16-13-23-8-4-3-5-9-23)21-30(38)34(26)17-14-24-10-6-7-15-32-24/h3-12,15,19,22,31H,13-14,16-18,20-21H2,1-2H3,(H,33,36). The zero-order valence-corrected chi connectivity index (χ0v) is 22.0. The van der Waals surface area contributed by atoms with E-state index in [9.17, 15) is 14.4 Å². The molecule has 3 aromatic rings. The normalized spacial score (nSPS) is 13.0. The zero-order valence-electron chi connectivity index (χ0n) is 22.0. The molecule has 8 nitrogen and oxygen atoms in total. The lowest BCUT2D eigenvalue weighted by molar-refractivity contribution is -0.122. The molecule has 0 atom stereocenters. The SMILES string of the molecule is CC(C)CC(=O)Nc1ccc2c(c1)N(C(=O)CNCCc1ccccc1)CC(=O)N2CCc1ccccn1. The van der Waals surface area contributed by atoms with Gasteiger partial charge in [-0.05, 0) is 54.8 Å². The van der Waals surface area contributed by atoms with E-state index in [0.29, 0.717) is 43.0 Å². The van der Waals surface area contributed by atoms with Crippen LogP contribution in [0.15, 0.2) is 72.9 Å². The van der Waals surface area contributed by atoms with Crippen LogP contribution in [0.1, 0.15) is 31.5 Å². The van der Waals surface area contributed by atoms with Crippen LogP contribution in [-0.2, 0) is 27.2 Å². The van der Waals surface area contributed by atoms with Gasteiger partial charge in [-0.15, -0.1) is 0 Å². The Bertz CT molecular complexity index is 1250. The third kappa shape index (κ3) is 7.26. The summed E-state index contributed by atoms with van der Waals surface area (Å²) in [6.07, 6.45) is 3.53. The lowest BCUT2D eigenvalue weighted by Gasteiger charge is -2.36. The summed E-state index contributed by atoms with van der Waals surface area (Å²) in [5.41, 5.74) is 3.94. The van der Waals surface area contributed by atoms with Crippen molar-refractivity contribution in [3.8, 4) is 0 Å². The number of nitrogens with one attached hydrogen (secondary N) is 2. The second kappa shape index (κ2) is 13.0. The molecule has 2 N–H and O–H groups in total. The highest BCUT2D eigenvalue weighted by Crippen LogP contribution is 2.36. The van der Waals surface area contributed by atoms with Crippen LogP contribution in [-0.4, -0.2) is 48.9 Å². The molecule has 0 fully saturated rings. The molecule has 0 unspecified atom stereocenters. The Morgan fingerprint density at radius 2 is 1.76 bits per heavy atom. The molecule has 2 aromatic carbocycles. The van der Waals surface area contributed by atoms with Crippen LogP contribution in [0.4, 0.5) is 17.1 Å². The second-order valence-corrected chi connectivity index (χ2v) is 9.86. The van der Waals surface area contributed by atoms with Crippen LogP contribution in [0.5, 0.6) is 0 Å². The largest absolute Gasteiger partial charge is 0.326 e. The van der Waals surface area contributed by atoms with Crippen molar-refractivity contribution in [2.75, 3.05) is 41.3 Å². The smallest absolute Gasteiger partial charge is 0.247 e. The molecule has 0 spiro atoms. The number of anilines is 3. The van der Waals surface area contributed by atoms with Gasteiger partial charge < -0.3 is 15.5 Å². The van der Waals surface area contributed by atoms with Crippen LogP contribution in [0.2, 0.25) is 0 Å². The third-order valence-corrected chi connectivity index (χ3v) is 6.36. The van der Waals surface area contributed by atoms with Crippen LogP contribution >= 0.6 is 0 Å². The Labute approximate surface area is 224 Å². The minimum atomic E-state index is -0.192. The number of benzene rings is 2. The summed E-state index contributed by atoms with van der Waals surface area (Å²) in [4.78, 5) is 46.5. The molecule has 38 heavy (non-hydrogen) atoms. The van der Waals surface area contributed by atoms with Crippen molar-refractivity contribution in [1.82, 2.24) is 10.3 Å². The molecule has 0 bridgehead atoms. The molecule has 1 aromatic heterocycles.